The number of nitriles is 1. The van der Waals surface area contributed by atoms with Crippen LogP contribution in [0.15, 0.2) is 85.2 Å². The zero-order valence-electron chi connectivity index (χ0n) is 15.8. The normalized spacial score (nSPS) is 10.9. The molecule has 2 aromatic heterocycles. The molecule has 0 atom stereocenters. The van der Waals surface area contributed by atoms with Gasteiger partial charge in [0.2, 0.25) is 0 Å². The van der Waals surface area contributed by atoms with E-state index in [4.69, 9.17) is 4.74 Å². The number of nitrogens with zero attached hydrogens (tertiary/aromatic N) is 3. The van der Waals surface area contributed by atoms with Crippen molar-refractivity contribution < 1.29 is 4.74 Å². The number of fused-ring (bicyclic) bond motifs is 3. The summed E-state index contributed by atoms with van der Waals surface area (Å²) in [6, 6.07) is 26.5. The van der Waals surface area contributed by atoms with E-state index in [1.807, 2.05) is 48.5 Å². The molecule has 0 fully saturated rings. The van der Waals surface area contributed by atoms with Crippen molar-refractivity contribution >= 4 is 21.8 Å². The number of para-hydroxylation sites is 2. The zero-order valence-corrected chi connectivity index (χ0v) is 15.8. The quantitative estimate of drug-likeness (QED) is 0.405. The maximum atomic E-state index is 9.66. The molecule has 0 unspecified atom stereocenters. The van der Waals surface area contributed by atoms with Crippen molar-refractivity contribution in [3.05, 3.63) is 90.8 Å². The number of hydrogen-bond acceptors (Lipinski definition) is 3. The van der Waals surface area contributed by atoms with Gasteiger partial charge in [-0.05, 0) is 53.6 Å². The molecule has 29 heavy (non-hydrogen) atoms. The average molecular weight is 375 g/mol. The Labute approximate surface area is 168 Å². The predicted molar refractivity (Wildman–Crippen MR) is 115 cm³/mol. The second-order valence-electron chi connectivity index (χ2n) is 6.83. The number of aromatic nitrogens is 2. The van der Waals surface area contributed by atoms with Crippen molar-refractivity contribution in [3.8, 4) is 28.6 Å². The Hall–Kier alpha value is -4.10. The Morgan fingerprint density at radius 3 is 2.45 bits per heavy atom. The standard InChI is InChI=1S/C25H17N3O/c1-29-24-8-4-6-22-21-5-2-3-7-23(21)28(25(22)24)20-14-17(16-26)13-19(15-20)18-9-11-27-12-10-18/h2-15H,1H3. The maximum absolute atomic E-state index is 9.66. The Kier molecular flexibility index (Phi) is 4.00. The van der Waals surface area contributed by atoms with Gasteiger partial charge in [0.25, 0.3) is 0 Å². The molecule has 0 saturated carbocycles. The molecular weight excluding hydrogens is 358 g/mol. The van der Waals surface area contributed by atoms with Gasteiger partial charge in [-0.1, -0.05) is 30.3 Å². The highest BCUT2D eigenvalue weighted by atomic mass is 16.5. The summed E-state index contributed by atoms with van der Waals surface area (Å²) < 4.78 is 7.87. The van der Waals surface area contributed by atoms with Gasteiger partial charge in [-0.15, -0.1) is 0 Å². The summed E-state index contributed by atoms with van der Waals surface area (Å²) in [6.45, 7) is 0. The van der Waals surface area contributed by atoms with E-state index in [2.05, 4.69) is 39.9 Å². The Balaban J connectivity index is 1.90. The topological polar surface area (TPSA) is 50.8 Å². The van der Waals surface area contributed by atoms with Crippen LogP contribution in [-0.2, 0) is 0 Å². The molecule has 0 amide bonds. The minimum Gasteiger partial charge on any atom is -0.495 e. The molecule has 0 bridgehead atoms. The van der Waals surface area contributed by atoms with Crippen molar-refractivity contribution in [2.75, 3.05) is 7.11 Å². The van der Waals surface area contributed by atoms with Crippen LogP contribution in [0.5, 0.6) is 5.75 Å². The average Bonchev–Trinajstić information content (AvgIpc) is 3.14. The van der Waals surface area contributed by atoms with Crippen LogP contribution >= 0.6 is 0 Å². The number of rotatable bonds is 3. The fourth-order valence-electron chi connectivity index (χ4n) is 3.94. The minimum atomic E-state index is 0.607. The third kappa shape index (κ3) is 2.72. The fourth-order valence-corrected chi connectivity index (χ4v) is 3.94. The van der Waals surface area contributed by atoms with Crippen molar-refractivity contribution in [2.45, 2.75) is 0 Å². The highest BCUT2D eigenvalue weighted by Crippen LogP contribution is 2.38. The van der Waals surface area contributed by atoms with E-state index in [-0.39, 0.29) is 0 Å². The number of hydrogen-bond donors (Lipinski definition) is 0. The Bertz CT molecular complexity index is 1390. The lowest BCUT2D eigenvalue weighted by atomic mass is 10.0. The predicted octanol–water partition coefficient (Wildman–Crippen LogP) is 5.73. The molecule has 5 aromatic rings. The van der Waals surface area contributed by atoms with Gasteiger partial charge in [-0.2, -0.15) is 5.26 Å². The van der Waals surface area contributed by atoms with Gasteiger partial charge < -0.3 is 9.30 Å². The van der Waals surface area contributed by atoms with E-state index >= 15 is 0 Å². The van der Waals surface area contributed by atoms with Crippen LogP contribution in [0.1, 0.15) is 5.56 Å². The van der Waals surface area contributed by atoms with Gasteiger partial charge in [-0.3, -0.25) is 4.98 Å². The van der Waals surface area contributed by atoms with Crippen LogP contribution in [0, 0.1) is 11.3 Å². The van der Waals surface area contributed by atoms with Crippen molar-refractivity contribution in [1.82, 2.24) is 9.55 Å². The SMILES string of the molecule is COc1cccc2c3ccccc3n(-c3cc(C#N)cc(-c4ccncc4)c3)c12. The number of benzene rings is 3. The largest absolute Gasteiger partial charge is 0.495 e. The lowest BCUT2D eigenvalue weighted by Crippen LogP contribution is -1.97. The molecule has 4 nitrogen and oxygen atoms in total. The molecular formula is C25H17N3O. The Morgan fingerprint density at radius 1 is 0.862 bits per heavy atom. The summed E-state index contributed by atoms with van der Waals surface area (Å²) in [6.07, 6.45) is 3.52. The molecule has 0 aliphatic carbocycles. The van der Waals surface area contributed by atoms with Gasteiger partial charge in [0.05, 0.1) is 29.8 Å². The lowest BCUT2D eigenvalue weighted by Gasteiger charge is -2.13. The molecule has 2 heterocycles. The van der Waals surface area contributed by atoms with Crippen molar-refractivity contribution in [2.24, 2.45) is 0 Å². The monoisotopic (exact) mass is 375 g/mol. The van der Waals surface area contributed by atoms with Gasteiger partial charge in [0.1, 0.15) is 5.75 Å². The summed E-state index contributed by atoms with van der Waals surface area (Å²) >= 11 is 0. The van der Waals surface area contributed by atoms with E-state index in [0.29, 0.717) is 5.56 Å². The van der Waals surface area contributed by atoms with Gasteiger partial charge in [0.15, 0.2) is 0 Å². The van der Waals surface area contributed by atoms with E-state index in [1.165, 1.54) is 0 Å². The first kappa shape index (κ1) is 17.0. The maximum Gasteiger partial charge on any atom is 0.143 e. The van der Waals surface area contributed by atoms with Crippen molar-refractivity contribution in [3.63, 3.8) is 0 Å². The first-order valence-electron chi connectivity index (χ1n) is 9.32. The molecule has 0 aliphatic heterocycles. The molecule has 0 radical (unpaired) electrons. The summed E-state index contributed by atoms with van der Waals surface area (Å²) in [5.74, 6) is 0.798. The van der Waals surface area contributed by atoms with Crippen LogP contribution in [0.2, 0.25) is 0 Å². The summed E-state index contributed by atoms with van der Waals surface area (Å²) in [4.78, 5) is 4.10. The number of pyridine rings is 1. The van der Waals surface area contributed by atoms with Crippen LogP contribution in [0.4, 0.5) is 0 Å². The fraction of sp³-hybridized carbons (Fsp3) is 0.0400. The zero-order chi connectivity index (χ0) is 19.8. The highest BCUT2D eigenvalue weighted by molar-refractivity contribution is 6.11. The summed E-state index contributed by atoms with van der Waals surface area (Å²) in [5.41, 5.74) is 5.59. The minimum absolute atomic E-state index is 0.607. The van der Waals surface area contributed by atoms with Crippen molar-refractivity contribution in [1.29, 1.82) is 5.26 Å². The highest BCUT2D eigenvalue weighted by Gasteiger charge is 2.16. The second kappa shape index (κ2) is 6.81. The summed E-state index contributed by atoms with van der Waals surface area (Å²) in [5, 5.41) is 11.9. The van der Waals surface area contributed by atoms with Crippen LogP contribution in [0.3, 0.4) is 0 Å². The second-order valence-corrected chi connectivity index (χ2v) is 6.83. The number of ether oxygens (including phenoxy) is 1. The van der Waals surface area contributed by atoms with Gasteiger partial charge in [0, 0.05) is 28.9 Å². The van der Waals surface area contributed by atoms with Crippen LogP contribution in [0.25, 0.3) is 38.6 Å². The van der Waals surface area contributed by atoms with Crippen LogP contribution in [-0.4, -0.2) is 16.7 Å². The first-order valence-corrected chi connectivity index (χ1v) is 9.32. The van der Waals surface area contributed by atoms with E-state index in [0.717, 1.165) is 44.4 Å². The molecule has 0 spiro atoms. The molecule has 5 rings (SSSR count). The molecule has 0 N–H and O–H groups in total. The number of methoxy groups -OCH3 is 1. The Morgan fingerprint density at radius 2 is 1.66 bits per heavy atom. The molecule has 0 saturated heterocycles. The van der Waals surface area contributed by atoms with Crippen LogP contribution < -0.4 is 4.74 Å². The molecule has 3 aromatic carbocycles. The van der Waals surface area contributed by atoms with E-state index in [1.54, 1.807) is 19.5 Å². The smallest absolute Gasteiger partial charge is 0.143 e. The summed E-state index contributed by atoms with van der Waals surface area (Å²) in [7, 11) is 1.69. The molecule has 138 valence electrons. The van der Waals surface area contributed by atoms with Gasteiger partial charge in [-0.25, -0.2) is 0 Å². The third-order valence-corrected chi connectivity index (χ3v) is 5.20. The third-order valence-electron chi connectivity index (χ3n) is 5.20. The molecule has 0 aliphatic rings. The van der Waals surface area contributed by atoms with E-state index in [9.17, 15) is 5.26 Å². The van der Waals surface area contributed by atoms with E-state index < -0.39 is 0 Å². The molecule has 4 heteroatoms. The van der Waals surface area contributed by atoms with Gasteiger partial charge >= 0.3 is 0 Å². The lowest BCUT2D eigenvalue weighted by molar-refractivity contribution is 0.418. The first-order chi connectivity index (χ1) is 14.3.